The van der Waals surface area contributed by atoms with Crippen LogP contribution in [-0.2, 0) is 0 Å². The fourth-order valence-corrected chi connectivity index (χ4v) is 1.14. The molecule has 52 valence electrons. The predicted octanol–water partition coefficient (Wildman–Crippen LogP) is 2.61. The van der Waals surface area contributed by atoms with Gasteiger partial charge < -0.3 is 0 Å². The van der Waals surface area contributed by atoms with Crippen LogP contribution in [0.1, 0.15) is 19.8 Å². The SMILES string of the molecule is CC1C=C(F)CC(F)C1. The molecule has 0 N–H and O–H groups in total. The monoisotopic (exact) mass is 132 g/mol. The molecule has 0 bridgehead atoms. The Balaban J connectivity index is 2.56. The van der Waals surface area contributed by atoms with Gasteiger partial charge in [-0.05, 0) is 18.4 Å². The zero-order valence-corrected chi connectivity index (χ0v) is 5.40. The molecule has 0 amide bonds. The third-order valence-corrected chi connectivity index (χ3v) is 1.51. The molecule has 0 radical (unpaired) electrons. The Bertz CT molecular complexity index is 129. The largest absolute Gasteiger partial charge is 0.247 e. The molecule has 2 unspecified atom stereocenters. The van der Waals surface area contributed by atoms with Crippen LogP contribution in [0.25, 0.3) is 0 Å². The van der Waals surface area contributed by atoms with Crippen LogP contribution in [0.15, 0.2) is 11.9 Å². The minimum atomic E-state index is -0.954. The van der Waals surface area contributed by atoms with E-state index in [1.165, 1.54) is 6.08 Å². The maximum atomic E-state index is 12.4. The molecule has 0 aliphatic heterocycles. The summed E-state index contributed by atoms with van der Waals surface area (Å²) in [6, 6.07) is 0. The van der Waals surface area contributed by atoms with Crippen LogP contribution in [-0.4, -0.2) is 6.17 Å². The lowest BCUT2D eigenvalue weighted by Gasteiger charge is -2.16. The first-order valence-electron chi connectivity index (χ1n) is 3.18. The van der Waals surface area contributed by atoms with Gasteiger partial charge in [-0.2, -0.15) is 0 Å². The van der Waals surface area contributed by atoms with Crippen LogP contribution in [0.5, 0.6) is 0 Å². The van der Waals surface area contributed by atoms with Gasteiger partial charge in [-0.25, -0.2) is 8.78 Å². The molecule has 0 aromatic heterocycles. The minimum Gasteiger partial charge on any atom is -0.247 e. The maximum absolute atomic E-state index is 12.4. The minimum absolute atomic E-state index is 0.00958. The van der Waals surface area contributed by atoms with E-state index >= 15 is 0 Å². The van der Waals surface area contributed by atoms with Gasteiger partial charge in [0, 0.05) is 6.42 Å². The average Bonchev–Trinajstić information content (AvgIpc) is 1.59. The van der Waals surface area contributed by atoms with Crippen LogP contribution in [0.2, 0.25) is 0 Å². The highest BCUT2D eigenvalue weighted by atomic mass is 19.1. The Morgan fingerprint density at radius 3 is 2.78 bits per heavy atom. The molecule has 0 aromatic carbocycles. The molecule has 2 heteroatoms. The standard InChI is InChI=1S/C7H10F2/c1-5-2-6(8)4-7(9)3-5/h2,5,7H,3-4H2,1H3. The molecular formula is C7H10F2. The van der Waals surface area contributed by atoms with Crippen molar-refractivity contribution in [2.75, 3.05) is 0 Å². The van der Waals surface area contributed by atoms with Crippen molar-refractivity contribution in [3.8, 4) is 0 Å². The van der Waals surface area contributed by atoms with Crippen molar-refractivity contribution in [2.45, 2.75) is 25.9 Å². The number of alkyl halides is 1. The lowest BCUT2D eigenvalue weighted by Crippen LogP contribution is -2.11. The molecule has 0 nitrogen and oxygen atoms in total. The van der Waals surface area contributed by atoms with E-state index in [0.717, 1.165) is 0 Å². The van der Waals surface area contributed by atoms with E-state index < -0.39 is 6.17 Å². The topological polar surface area (TPSA) is 0 Å². The summed E-state index contributed by atoms with van der Waals surface area (Å²) in [5.74, 6) is -0.213. The fourth-order valence-electron chi connectivity index (χ4n) is 1.14. The summed E-state index contributed by atoms with van der Waals surface area (Å²) < 4.78 is 24.7. The summed E-state index contributed by atoms with van der Waals surface area (Å²) in [5.41, 5.74) is 0. The van der Waals surface area contributed by atoms with Crippen molar-refractivity contribution in [3.05, 3.63) is 11.9 Å². The molecule has 0 aromatic rings. The van der Waals surface area contributed by atoms with Gasteiger partial charge in [-0.3, -0.25) is 0 Å². The van der Waals surface area contributed by atoms with Gasteiger partial charge in [0.15, 0.2) is 0 Å². The van der Waals surface area contributed by atoms with E-state index in [9.17, 15) is 8.78 Å². The second-order valence-electron chi connectivity index (χ2n) is 2.63. The molecule has 9 heavy (non-hydrogen) atoms. The fraction of sp³-hybridized carbons (Fsp3) is 0.714. The first kappa shape index (κ1) is 6.72. The summed E-state index contributed by atoms with van der Waals surface area (Å²) in [4.78, 5) is 0. The quantitative estimate of drug-likeness (QED) is 0.475. The normalized spacial score (nSPS) is 36.1. The molecule has 0 heterocycles. The highest BCUT2D eigenvalue weighted by Crippen LogP contribution is 2.25. The van der Waals surface area contributed by atoms with E-state index in [4.69, 9.17) is 0 Å². The second-order valence-corrected chi connectivity index (χ2v) is 2.63. The predicted molar refractivity (Wildman–Crippen MR) is 32.5 cm³/mol. The van der Waals surface area contributed by atoms with Crippen molar-refractivity contribution in [1.29, 1.82) is 0 Å². The third kappa shape index (κ3) is 1.77. The summed E-state index contributed by atoms with van der Waals surface area (Å²) in [5, 5.41) is 0. The Morgan fingerprint density at radius 1 is 1.67 bits per heavy atom. The van der Waals surface area contributed by atoms with Crippen molar-refractivity contribution in [1.82, 2.24) is 0 Å². The van der Waals surface area contributed by atoms with E-state index in [1.54, 1.807) is 0 Å². The van der Waals surface area contributed by atoms with E-state index in [-0.39, 0.29) is 18.2 Å². The molecular weight excluding hydrogens is 122 g/mol. The zero-order valence-electron chi connectivity index (χ0n) is 5.40. The molecule has 0 spiro atoms. The van der Waals surface area contributed by atoms with Crippen molar-refractivity contribution < 1.29 is 8.78 Å². The molecule has 1 rings (SSSR count). The van der Waals surface area contributed by atoms with Crippen molar-refractivity contribution >= 4 is 0 Å². The Hall–Kier alpha value is -0.400. The molecule has 0 saturated heterocycles. The first-order valence-corrected chi connectivity index (χ1v) is 3.18. The van der Waals surface area contributed by atoms with Gasteiger partial charge in [-0.1, -0.05) is 6.92 Å². The lowest BCUT2D eigenvalue weighted by atomic mass is 9.96. The lowest BCUT2D eigenvalue weighted by molar-refractivity contribution is 0.258. The number of rotatable bonds is 0. The Kier molecular flexibility index (Phi) is 1.84. The first-order chi connectivity index (χ1) is 4.18. The number of hydrogen-bond acceptors (Lipinski definition) is 0. The van der Waals surface area contributed by atoms with Crippen LogP contribution in [0.3, 0.4) is 0 Å². The molecule has 0 saturated carbocycles. The zero-order chi connectivity index (χ0) is 6.85. The van der Waals surface area contributed by atoms with Gasteiger partial charge in [-0.15, -0.1) is 0 Å². The Morgan fingerprint density at radius 2 is 2.33 bits per heavy atom. The van der Waals surface area contributed by atoms with Crippen LogP contribution < -0.4 is 0 Å². The number of halogens is 2. The van der Waals surface area contributed by atoms with Gasteiger partial charge in [0.2, 0.25) is 0 Å². The molecule has 2 atom stereocenters. The van der Waals surface area contributed by atoms with Crippen molar-refractivity contribution in [3.63, 3.8) is 0 Å². The van der Waals surface area contributed by atoms with Crippen LogP contribution in [0, 0.1) is 5.92 Å². The van der Waals surface area contributed by atoms with Gasteiger partial charge in [0.05, 0.1) is 5.83 Å². The summed E-state index contributed by atoms with van der Waals surface area (Å²) >= 11 is 0. The van der Waals surface area contributed by atoms with E-state index in [1.807, 2.05) is 6.92 Å². The van der Waals surface area contributed by atoms with Gasteiger partial charge in [0.25, 0.3) is 0 Å². The van der Waals surface area contributed by atoms with E-state index in [2.05, 4.69) is 0 Å². The average molecular weight is 132 g/mol. The third-order valence-electron chi connectivity index (χ3n) is 1.51. The van der Waals surface area contributed by atoms with Crippen molar-refractivity contribution in [2.24, 2.45) is 5.92 Å². The molecule has 1 aliphatic carbocycles. The number of allylic oxidation sites excluding steroid dienone is 2. The Labute approximate surface area is 53.6 Å². The highest BCUT2D eigenvalue weighted by molar-refractivity contribution is 5.01. The van der Waals surface area contributed by atoms with E-state index in [0.29, 0.717) is 6.42 Å². The van der Waals surface area contributed by atoms with Crippen LogP contribution in [0.4, 0.5) is 8.78 Å². The summed E-state index contributed by atoms with van der Waals surface area (Å²) in [7, 11) is 0. The number of hydrogen-bond donors (Lipinski definition) is 0. The molecule has 0 fully saturated rings. The van der Waals surface area contributed by atoms with Crippen LogP contribution >= 0.6 is 0 Å². The smallest absolute Gasteiger partial charge is 0.107 e. The highest BCUT2D eigenvalue weighted by Gasteiger charge is 2.18. The van der Waals surface area contributed by atoms with Gasteiger partial charge >= 0.3 is 0 Å². The second kappa shape index (κ2) is 2.46. The maximum Gasteiger partial charge on any atom is 0.107 e. The molecule has 1 aliphatic rings. The van der Waals surface area contributed by atoms with Gasteiger partial charge in [0.1, 0.15) is 6.17 Å². The summed E-state index contributed by atoms with van der Waals surface area (Å²) in [6.45, 7) is 1.82. The summed E-state index contributed by atoms with van der Waals surface area (Å²) in [6.07, 6.45) is 1.01.